The van der Waals surface area contributed by atoms with Crippen LogP contribution in [0.1, 0.15) is 23.8 Å². The average molecular weight is 332 g/mol. The smallest absolute Gasteiger partial charge is 0.241 e. The molecule has 21 heavy (non-hydrogen) atoms. The van der Waals surface area contributed by atoms with E-state index in [-0.39, 0.29) is 0 Å². The minimum atomic E-state index is -3.41. The lowest BCUT2D eigenvalue weighted by molar-refractivity contribution is 0.394. The first-order valence-electron chi connectivity index (χ1n) is 7.40. The van der Waals surface area contributed by atoms with Crippen LogP contribution >= 0.6 is 11.3 Å². The predicted molar refractivity (Wildman–Crippen MR) is 87.2 cm³/mol. The number of likely N-dealkylation sites (tertiary alicyclic amines) is 1. The quantitative estimate of drug-likeness (QED) is 0.793. The zero-order valence-electron chi connectivity index (χ0n) is 13.0. The molecule has 0 bridgehead atoms. The first-order valence-corrected chi connectivity index (χ1v) is 9.76. The van der Waals surface area contributed by atoms with E-state index in [1.165, 1.54) is 11.3 Å². The molecule has 0 radical (unpaired) electrons. The molecule has 1 aliphatic heterocycles. The van der Waals surface area contributed by atoms with E-state index in [0.29, 0.717) is 23.9 Å². The van der Waals surface area contributed by atoms with Gasteiger partial charge in [0.05, 0.1) is 0 Å². The third-order valence-electron chi connectivity index (χ3n) is 3.84. The first kappa shape index (κ1) is 16.9. The zero-order chi connectivity index (χ0) is 15.5. The minimum absolute atomic E-state index is 0.418. The van der Waals surface area contributed by atoms with Crippen LogP contribution in [-0.4, -0.2) is 46.5 Å². The number of nitrogens with one attached hydrogen (secondary N) is 2. The topological polar surface area (TPSA) is 61.4 Å². The summed E-state index contributed by atoms with van der Waals surface area (Å²) >= 11 is 1.51. The van der Waals surface area contributed by atoms with Gasteiger partial charge >= 0.3 is 0 Å². The summed E-state index contributed by atoms with van der Waals surface area (Å²) in [6.07, 6.45) is 1.06. The second-order valence-electron chi connectivity index (χ2n) is 5.72. The molecule has 0 aromatic carbocycles. The van der Waals surface area contributed by atoms with E-state index < -0.39 is 10.0 Å². The van der Waals surface area contributed by atoms with Crippen LogP contribution in [0.2, 0.25) is 0 Å². The summed E-state index contributed by atoms with van der Waals surface area (Å²) in [6.45, 7) is 7.87. The number of sulfonamides is 1. The van der Waals surface area contributed by atoms with Crippen LogP contribution in [0.4, 0.5) is 0 Å². The number of hydrogen-bond acceptors (Lipinski definition) is 5. The van der Waals surface area contributed by atoms with Crippen molar-refractivity contribution in [2.45, 2.75) is 31.7 Å². The van der Waals surface area contributed by atoms with Gasteiger partial charge in [-0.3, -0.25) is 0 Å². The first-order chi connectivity index (χ1) is 9.94. The molecular weight excluding hydrogens is 306 g/mol. The third kappa shape index (κ3) is 4.26. The summed E-state index contributed by atoms with van der Waals surface area (Å²) in [4.78, 5) is 3.61. The molecular formula is C14H25N3O2S2. The molecule has 5 nitrogen and oxygen atoms in total. The van der Waals surface area contributed by atoms with Crippen LogP contribution in [0.5, 0.6) is 0 Å². The Morgan fingerprint density at radius 1 is 1.48 bits per heavy atom. The molecule has 7 heteroatoms. The molecule has 0 saturated carbocycles. The maximum Gasteiger partial charge on any atom is 0.241 e. The van der Waals surface area contributed by atoms with Gasteiger partial charge in [0.15, 0.2) is 0 Å². The number of rotatable bonds is 7. The molecule has 1 fully saturated rings. The SMILES string of the molecule is CCNCc1scc(C)c1S(=O)(=O)NCC1CCN(C)C1. The molecule has 2 N–H and O–H groups in total. The fraction of sp³-hybridized carbons (Fsp3) is 0.714. The molecule has 1 saturated heterocycles. The van der Waals surface area contributed by atoms with Gasteiger partial charge in [-0.1, -0.05) is 6.92 Å². The summed E-state index contributed by atoms with van der Waals surface area (Å²) < 4.78 is 28.0. The standard InChI is InChI=1S/C14H25N3O2S2/c1-4-15-8-13-14(11(2)10-20-13)21(18,19)16-7-12-5-6-17(3)9-12/h10,12,15-16H,4-9H2,1-3H3. The van der Waals surface area contributed by atoms with E-state index in [2.05, 4.69) is 22.0 Å². The van der Waals surface area contributed by atoms with Crippen molar-refractivity contribution in [2.75, 3.05) is 33.2 Å². The maximum atomic E-state index is 12.6. The van der Waals surface area contributed by atoms with Gasteiger partial charge in [0.25, 0.3) is 0 Å². The van der Waals surface area contributed by atoms with Crippen LogP contribution < -0.4 is 10.0 Å². The van der Waals surface area contributed by atoms with Crippen molar-refractivity contribution in [3.63, 3.8) is 0 Å². The van der Waals surface area contributed by atoms with Crippen molar-refractivity contribution in [1.29, 1.82) is 0 Å². The van der Waals surface area contributed by atoms with Gasteiger partial charge in [0, 0.05) is 24.5 Å². The number of thiophene rings is 1. The van der Waals surface area contributed by atoms with E-state index in [9.17, 15) is 8.42 Å². The van der Waals surface area contributed by atoms with Crippen molar-refractivity contribution in [3.8, 4) is 0 Å². The molecule has 1 aliphatic rings. The van der Waals surface area contributed by atoms with Crippen molar-refractivity contribution >= 4 is 21.4 Å². The highest BCUT2D eigenvalue weighted by Crippen LogP contribution is 2.27. The van der Waals surface area contributed by atoms with E-state index >= 15 is 0 Å². The largest absolute Gasteiger partial charge is 0.312 e. The van der Waals surface area contributed by atoms with Gasteiger partial charge in [-0.05, 0) is 50.3 Å². The van der Waals surface area contributed by atoms with Gasteiger partial charge in [0.2, 0.25) is 10.0 Å². The van der Waals surface area contributed by atoms with Crippen molar-refractivity contribution < 1.29 is 8.42 Å². The highest BCUT2D eigenvalue weighted by Gasteiger charge is 2.25. The summed E-state index contributed by atoms with van der Waals surface area (Å²) in [5.74, 6) is 0.418. The Kier molecular flexibility index (Phi) is 5.79. The third-order valence-corrected chi connectivity index (χ3v) is 6.73. The number of nitrogens with zero attached hydrogens (tertiary/aromatic N) is 1. The molecule has 0 amide bonds. The van der Waals surface area contributed by atoms with Crippen LogP contribution in [-0.2, 0) is 16.6 Å². The summed E-state index contributed by atoms with van der Waals surface area (Å²) in [5, 5.41) is 5.13. The van der Waals surface area contributed by atoms with Gasteiger partial charge in [-0.15, -0.1) is 11.3 Å². The maximum absolute atomic E-state index is 12.6. The van der Waals surface area contributed by atoms with Gasteiger partial charge in [0.1, 0.15) is 4.90 Å². The Labute approximate surface area is 131 Å². The lowest BCUT2D eigenvalue weighted by Crippen LogP contribution is -2.31. The fourth-order valence-electron chi connectivity index (χ4n) is 2.70. The molecule has 1 atom stereocenters. The Hall–Kier alpha value is -0.470. The second-order valence-corrected chi connectivity index (χ2v) is 8.39. The summed E-state index contributed by atoms with van der Waals surface area (Å²) in [7, 11) is -1.34. The fourth-order valence-corrected chi connectivity index (χ4v) is 5.59. The lowest BCUT2D eigenvalue weighted by atomic mass is 10.1. The second kappa shape index (κ2) is 7.19. The number of aryl methyl sites for hydroxylation is 1. The average Bonchev–Trinajstić information content (AvgIpc) is 3.00. The molecule has 0 spiro atoms. The molecule has 1 unspecified atom stereocenters. The van der Waals surface area contributed by atoms with E-state index in [1.54, 1.807) is 0 Å². The van der Waals surface area contributed by atoms with Crippen LogP contribution in [0, 0.1) is 12.8 Å². The highest BCUT2D eigenvalue weighted by atomic mass is 32.2. The Balaban J connectivity index is 2.06. The minimum Gasteiger partial charge on any atom is -0.312 e. The van der Waals surface area contributed by atoms with Crippen LogP contribution in [0.15, 0.2) is 10.3 Å². The molecule has 2 heterocycles. The molecule has 1 aromatic rings. The van der Waals surface area contributed by atoms with E-state index in [0.717, 1.165) is 36.5 Å². The molecule has 120 valence electrons. The monoisotopic (exact) mass is 331 g/mol. The van der Waals surface area contributed by atoms with E-state index in [4.69, 9.17) is 0 Å². The molecule has 1 aromatic heterocycles. The van der Waals surface area contributed by atoms with E-state index in [1.807, 2.05) is 19.2 Å². The van der Waals surface area contributed by atoms with Crippen LogP contribution in [0.25, 0.3) is 0 Å². The number of hydrogen-bond donors (Lipinski definition) is 2. The predicted octanol–water partition coefficient (Wildman–Crippen LogP) is 1.40. The highest BCUT2D eigenvalue weighted by molar-refractivity contribution is 7.89. The molecule has 0 aliphatic carbocycles. The van der Waals surface area contributed by atoms with Gasteiger partial charge in [-0.2, -0.15) is 0 Å². The Morgan fingerprint density at radius 2 is 2.24 bits per heavy atom. The summed E-state index contributed by atoms with van der Waals surface area (Å²) in [6, 6.07) is 0. The van der Waals surface area contributed by atoms with Crippen molar-refractivity contribution in [3.05, 3.63) is 15.8 Å². The van der Waals surface area contributed by atoms with Gasteiger partial charge < -0.3 is 10.2 Å². The zero-order valence-corrected chi connectivity index (χ0v) is 14.6. The van der Waals surface area contributed by atoms with Gasteiger partial charge in [-0.25, -0.2) is 13.1 Å². The van der Waals surface area contributed by atoms with Crippen molar-refractivity contribution in [2.24, 2.45) is 5.92 Å². The lowest BCUT2D eigenvalue weighted by Gasteiger charge is -2.13. The van der Waals surface area contributed by atoms with Crippen LogP contribution in [0.3, 0.4) is 0 Å². The normalized spacial score (nSPS) is 20.2. The Morgan fingerprint density at radius 3 is 2.86 bits per heavy atom. The summed E-state index contributed by atoms with van der Waals surface area (Å²) in [5.41, 5.74) is 0.837. The van der Waals surface area contributed by atoms with Crippen molar-refractivity contribution in [1.82, 2.24) is 14.9 Å². The Bertz CT molecular complexity index is 569. The molecule has 2 rings (SSSR count).